The van der Waals surface area contributed by atoms with Crippen LogP contribution in [0, 0.1) is 6.92 Å². The van der Waals surface area contributed by atoms with Crippen molar-refractivity contribution < 1.29 is 18.0 Å². The number of amides is 2. The molecule has 0 atom stereocenters. The highest BCUT2D eigenvalue weighted by Crippen LogP contribution is 2.31. The van der Waals surface area contributed by atoms with Gasteiger partial charge in [-0.05, 0) is 49.6 Å². The van der Waals surface area contributed by atoms with Gasteiger partial charge in [-0.2, -0.15) is 13.2 Å². The number of imidazole rings is 1. The number of aromatic nitrogens is 2. The Balaban J connectivity index is 1.24. The van der Waals surface area contributed by atoms with Crippen molar-refractivity contribution in [1.29, 1.82) is 0 Å². The highest BCUT2D eigenvalue weighted by molar-refractivity contribution is 6.33. The van der Waals surface area contributed by atoms with Crippen LogP contribution >= 0.6 is 11.6 Å². The van der Waals surface area contributed by atoms with Gasteiger partial charge in [0, 0.05) is 43.5 Å². The van der Waals surface area contributed by atoms with Crippen molar-refractivity contribution >= 4 is 23.3 Å². The number of hydrogen-bond acceptors (Lipinski definition) is 3. The molecule has 214 valence electrons. The van der Waals surface area contributed by atoms with Crippen LogP contribution in [0.5, 0.6) is 0 Å². The van der Waals surface area contributed by atoms with Gasteiger partial charge < -0.3 is 15.2 Å². The molecule has 3 aromatic carbocycles. The van der Waals surface area contributed by atoms with Gasteiger partial charge in [-0.25, -0.2) is 9.78 Å². The Morgan fingerprint density at radius 1 is 1.02 bits per heavy atom. The molecular weight excluding hydrogens is 551 g/mol. The molecule has 41 heavy (non-hydrogen) atoms. The zero-order valence-corrected chi connectivity index (χ0v) is 23.3. The molecule has 2 heterocycles. The fourth-order valence-corrected chi connectivity index (χ4v) is 5.28. The lowest BCUT2D eigenvalue weighted by atomic mass is 10.0. The van der Waals surface area contributed by atoms with Crippen LogP contribution < -0.4 is 5.32 Å². The third kappa shape index (κ3) is 7.10. The number of piperidine rings is 1. The van der Waals surface area contributed by atoms with Crippen LogP contribution in [-0.2, 0) is 19.3 Å². The summed E-state index contributed by atoms with van der Waals surface area (Å²) in [6, 6.07) is 22.0. The van der Waals surface area contributed by atoms with Crippen LogP contribution in [0.15, 0.2) is 78.9 Å². The summed E-state index contributed by atoms with van der Waals surface area (Å²) in [4.78, 5) is 25.6. The average molecular weight is 582 g/mol. The van der Waals surface area contributed by atoms with E-state index in [2.05, 4.69) is 15.2 Å². The standard InChI is InChI=1S/C31H31ClF3N5O/c1-21-28(37-29(36-21)23-11-13-24(14-12-23)31(33,34)35)20-39-17-15-25(16-18-39)40(19-22-7-3-2-4-8-22)30(41)38-27-10-6-5-9-26(27)32/h2-14,25H,15-20H2,1H3,(H,36,37)(H,38,41). The second-order valence-corrected chi connectivity index (χ2v) is 10.7. The van der Waals surface area contributed by atoms with E-state index in [0.717, 1.165) is 55.0 Å². The predicted octanol–water partition coefficient (Wildman–Crippen LogP) is 7.76. The first kappa shape index (κ1) is 28.7. The van der Waals surface area contributed by atoms with Gasteiger partial charge in [0.05, 0.1) is 22.0 Å². The maximum Gasteiger partial charge on any atom is 0.416 e. The van der Waals surface area contributed by atoms with E-state index in [1.165, 1.54) is 12.1 Å². The van der Waals surface area contributed by atoms with Gasteiger partial charge in [-0.1, -0.05) is 66.2 Å². The Morgan fingerprint density at radius 2 is 1.68 bits per heavy atom. The molecule has 0 saturated carbocycles. The summed E-state index contributed by atoms with van der Waals surface area (Å²) in [5.41, 5.74) is 3.28. The lowest BCUT2D eigenvalue weighted by Gasteiger charge is -2.38. The number of halogens is 4. The lowest BCUT2D eigenvalue weighted by Crippen LogP contribution is -2.48. The lowest BCUT2D eigenvalue weighted by molar-refractivity contribution is -0.137. The quantitative estimate of drug-likeness (QED) is 0.234. The second kappa shape index (κ2) is 12.4. The number of aryl methyl sites for hydroxylation is 1. The Labute approximate surface area is 242 Å². The maximum atomic E-state index is 13.5. The number of anilines is 1. The second-order valence-electron chi connectivity index (χ2n) is 10.3. The average Bonchev–Trinajstić information content (AvgIpc) is 3.33. The number of urea groups is 1. The molecule has 6 nitrogen and oxygen atoms in total. The smallest absolute Gasteiger partial charge is 0.342 e. The number of aromatic amines is 1. The number of nitrogens with one attached hydrogen (secondary N) is 2. The minimum absolute atomic E-state index is 0.0388. The Bertz CT molecular complexity index is 1470. The normalized spacial score (nSPS) is 14.7. The summed E-state index contributed by atoms with van der Waals surface area (Å²) in [6.45, 7) is 4.56. The topological polar surface area (TPSA) is 64.3 Å². The molecule has 5 rings (SSSR count). The fraction of sp³-hybridized carbons (Fsp3) is 0.290. The van der Waals surface area contributed by atoms with E-state index in [4.69, 9.17) is 16.6 Å². The molecule has 10 heteroatoms. The zero-order chi connectivity index (χ0) is 29.0. The summed E-state index contributed by atoms with van der Waals surface area (Å²) < 4.78 is 38.8. The molecule has 2 amide bonds. The van der Waals surface area contributed by atoms with Crippen molar-refractivity contribution in [2.75, 3.05) is 18.4 Å². The molecule has 1 saturated heterocycles. The molecule has 1 aromatic heterocycles. The summed E-state index contributed by atoms with van der Waals surface area (Å²) in [5.74, 6) is 0.548. The molecule has 0 bridgehead atoms. The first-order chi connectivity index (χ1) is 19.7. The number of carbonyl (C=O) groups excluding carboxylic acids is 1. The number of benzene rings is 3. The Hall–Kier alpha value is -3.82. The predicted molar refractivity (Wildman–Crippen MR) is 155 cm³/mol. The van der Waals surface area contributed by atoms with E-state index in [9.17, 15) is 18.0 Å². The van der Waals surface area contributed by atoms with Crippen molar-refractivity contribution in [3.63, 3.8) is 0 Å². The SMILES string of the molecule is Cc1[nH]c(-c2ccc(C(F)(F)F)cc2)nc1CN1CCC(N(Cc2ccccc2)C(=O)Nc2ccccc2Cl)CC1. The number of rotatable bonds is 7. The van der Waals surface area contributed by atoms with Gasteiger partial charge in [-0.3, -0.25) is 4.90 Å². The molecule has 0 aliphatic carbocycles. The van der Waals surface area contributed by atoms with E-state index in [0.29, 0.717) is 35.2 Å². The molecule has 1 fully saturated rings. The van der Waals surface area contributed by atoms with Gasteiger partial charge in [0.1, 0.15) is 5.82 Å². The molecule has 0 radical (unpaired) electrons. The van der Waals surface area contributed by atoms with Gasteiger partial charge in [0.2, 0.25) is 0 Å². The number of H-pyrrole nitrogens is 1. The van der Waals surface area contributed by atoms with Crippen molar-refractivity contribution in [2.24, 2.45) is 0 Å². The number of nitrogens with zero attached hydrogens (tertiary/aromatic N) is 3. The summed E-state index contributed by atoms with van der Waals surface area (Å²) >= 11 is 6.30. The van der Waals surface area contributed by atoms with Crippen LogP contribution in [0.4, 0.5) is 23.7 Å². The van der Waals surface area contributed by atoms with Crippen LogP contribution in [0.2, 0.25) is 5.02 Å². The Morgan fingerprint density at radius 3 is 2.34 bits per heavy atom. The summed E-state index contributed by atoms with van der Waals surface area (Å²) in [5, 5.41) is 3.47. The first-order valence-corrected chi connectivity index (χ1v) is 13.9. The van der Waals surface area contributed by atoms with E-state index in [1.807, 2.05) is 54.3 Å². The van der Waals surface area contributed by atoms with Crippen molar-refractivity contribution in [1.82, 2.24) is 19.8 Å². The van der Waals surface area contributed by atoms with Crippen LogP contribution in [-0.4, -0.2) is 44.9 Å². The van der Waals surface area contributed by atoms with Crippen LogP contribution in [0.25, 0.3) is 11.4 Å². The monoisotopic (exact) mass is 581 g/mol. The van der Waals surface area contributed by atoms with E-state index >= 15 is 0 Å². The fourth-order valence-electron chi connectivity index (χ4n) is 5.10. The van der Waals surface area contributed by atoms with Crippen molar-refractivity contribution in [3.8, 4) is 11.4 Å². The number of alkyl halides is 3. The molecule has 1 aliphatic heterocycles. The highest BCUT2D eigenvalue weighted by Gasteiger charge is 2.31. The van der Waals surface area contributed by atoms with E-state index in [-0.39, 0.29) is 12.1 Å². The zero-order valence-electron chi connectivity index (χ0n) is 22.6. The number of hydrogen-bond donors (Lipinski definition) is 2. The third-order valence-electron chi connectivity index (χ3n) is 7.41. The summed E-state index contributed by atoms with van der Waals surface area (Å²) in [7, 11) is 0. The Kier molecular flexibility index (Phi) is 8.65. The molecule has 0 unspecified atom stereocenters. The van der Waals surface area contributed by atoms with E-state index < -0.39 is 11.7 Å². The minimum atomic E-state index is -4.37. The minimum Gasteiger partial charge on any atom is -0.342 e. The molecule has 2 N–H and O–H groups in total. The third-order valence-corrected chi connectivity index (χ3v) is 7.74. The van der Waals surface area contributed by atoms with Gasteiger partial charge >= 0.3 is 12.2 Å². The summed E-state index contributed by atoms with van der Waals surface area (Å²) in [6.07, 6.45) is -2.79. The largest absolute Gasteiger partial charge is 0.416 e. The number of carbonyl (C=O) groups is 1. The van der Waals surface area contributed by atoms with Crippen LogP contribution in [0.1, 0.15) is 35.4 Å². The van der Waals surface area contributed by atoms with Crippen molar-refractivity contribution in [3.05, 3.63) is 106 Å². The maximum absolute atomic E-state index is 13.5. The van der Waals surface area contributed by atoms with Crippen molar-refractivity contribution in [2.45, 2.75) is 45.1 Å². The number of para-hydroxylation sites is 1. The first-order valence-electron chi connectivity index (χ1n) is 13.5. The van der Waals surface area contributed by atoms with Gasteiger partial charge in [0.25, 0.3) is 0 Å². The van der Waals surface area contributed by atoms with Crippen LogP contribution in [0.3, 0.4) is 0 Å². The highest BCUT2D eigenvalue weighted by atomic mass is 35.5. The number of likely N-dealkylation sites (tertiary alicyclic amines) is 1. The molecule has 4 aromatic rings. The molecule has 0 spiro atoms. The molecule has 1 aliphatic rings. The van der Waals surface area contributed by atoms with E-state index in [1.54, 1.807) is 12.1 Å². The van der Waals surface area contributed by atoms with Gasteiger partial charge in [-0.15, -0.1) is 0 Å². The van der Waals surface area contributed by atoms with Gasteiger partial charge in [0.15, 0.2) is 0 Å². The molecular formula is C31H31ClF3N5O.